The summed E-state index contributed by atoms with van der Waals surface area (Å²) in [4.78, 5) is 15.5. The van der Waals surface area contributed by atoms with Gasteiger partial charge in [0.15, 0.2) is 0 Å². The molecule has 0 fully saturated rings. The average Bonchev–Trinajstić information content (AvgIpc) is 2.34. The van der Waals surface area contributed by atoms with Crippen molar-refractivity contribution in [2.45, 2.75) is 19.8 Å². The monoisotopic (exact) mass is 237 g/mol. The van der Waals surface area contributed by atoms with Crippen LogP contribution in [0.15, 0.2) is 18.5 Å². The van der Waals surface area contributed by atoms with Gasteiger partial charge in [-0.3, -0.25) is 9.78 Å². The largest absolute Gasteiger partial charge is 0.397 e. The molecule has 0 saturated heterocycles. The number of hydrogen-bond donors (Lipinski definition) is 2. The van der Waals surface area contributed by atoms with Crippen molar-refractivity contribution in [1.82, 2.24) is 10.3 Å². The third-order valence-electron chi connectivity index (χ3n) is 2.20. The van der Waals surface area contributed by atoms with Crippen molar-refractivity contribution >= 4 is 11.6 Å². The number of aromatic nitrogens is 1. The lowest BCUT2D eigenvalue weighted by Crippen LogP contribution is -2.26. The van der Waals surface area contributed by atoms with Crippen molar-refractivity contribution in [2.24, 2.45) is 0 Å². The molecule has 0 aromatic carbocycles. The molecule has 0 spiro atoms. The van der Waals surface area contributed by atoms with Crippen LogP contribution in [0.1, 0.15) is 30.1 Å². The second-order valence-corrected chi connectivity index (χ2v) is 3.68. The molecule has 94 valence electrons. The zero-order chi connectivity index (χ0) is 12.5. The van der Waals surface area contributed by atoms with Crippen molar-refractivity contribution in [3.05, 3.63) is 24.0 Å². The van der Waals surface area contributed by atoms with Crippen LogP contribution in [0.5, 0.6) is 0 Å². The van der Waals surface area contributed by atoms with Gasteiger partial charge in [-0.15, -0.1) is 0 Å². The molecule has 3 N–H and O–H groups in total. The van der Waals surface area contributed by atoms with E-state index in [0.29, 0.717) is 24.4 Å². The fourth-order valence-corrected chi connectivity index (χ4v) is 1.33. The van der Waals surface area contributed by atoms with Gasteiger partial charge in [0.2, 0.25) is 0 Å². The van der Waals surface area contributed by atoms with E-state index in [1.807, 2.05) is 0 Å². The smallest absolute Gasteiger partial charge is 0.253 e. The van der Waals surface area contributed by atoms with Gasteiger partial charge in [-0.2, -0.15) is 0 Å². The molecule has 1 rings (SSSR count). The summed E-state index contributed by atoms with van der Waals surface area (Å²) in [6, 6.07) is 1.61. The molecule has 0 saturated carbocycles. The summed E-state index contributed by atoms with van der Waals surface area (Å²) in [6.45, 7) is 4.09. The second kappa shape index (κ2) is 7.62. The van der Waals surface area contributed by atoms with Crippen LogP contribution in [0.2, 0.25) is 0 Å². The Labute approximate surface area is 101 Å². The van der Waals surface area contributed by atoms with Crippen LogP contribution in [0, 0.1) is 0 Å². The van der Waals surface area contributed by atoms with E-state index in [1.54, 1.807) is 12.3 Å². The molecule has 17 heavy (non-hydrogen) atoms. The molecule has 5 nitrogen and oxygen atoms in total. The number of rotatable bonds is 7. The van der Waals surface area contributed by atoms with Crippen LogP contribution >= 0.6 is 0 Å². The molecule has 1 aromatic heterocycles. The van der Waals surface area contributed by atoms with Gasteiger partial charge in [-0.1, -0.05) is 6.92 Å². The summed E-state index contributed by atoms with van der Waals surface area (Å²) in [6.07, 6.45) is 4.84. The van der Waals surface area contributed by atoms with Crippen LogP contribution in [-0.2, 0) is 4.74 Å². The Morgan fingerprint density at radius 2 is 2.35 bits per heavy atom. The van der Waals surface area contributed by atoms with Gasteiger partial charge < -0.3 is 15.8 Å². The first-order valence-electron chi connectivity index (χ1n) is 5.81. The van der Waals surface area contributed by atoms with Gasteiger partial charge in [-0.25, -0.2) is 0 Å². The molecule has 0 unspecified atom stereocenters. The van der Waals surface area contributed by atoms with E-state index in [4.69, 9.17) is 10.5 Å². The summed E-state index contributed by atoms with van der Waals surface area (Å²) in [5, 5.41) is 2.79. The molecule has 0 radical (unpaired) electrons. The lowest BCUT2D eigenvalue weighted by atomic mass is 10.2. The van der Waals surface area contributed by atoms with Gasteiger partial charge >= 0.3 is 0 Å². The Morgan fingerprint density at radius 3 is 3.06 bits per heavy atom. The highest BCUT2D eigenvalue weighted by atomic mass is 16.5. The maximum absolute atomic E-state index is 11.7. The van der Waals surface area contributed by atoms with Gasteiger partial charge in [0.05, 0.1) is 17.4 Å². The van der Waals surface area contributed by atoms with Crippen LogP contribution in [0.4, 0.5) is 5.69 Å². The number of ether oxygens (including phenoxy) is 1. The van der Waals surface area contributed by atoms with Gasteiger partial charge in [0, 0.05) is 26.0 Å². The zero-order valence-electron chi connectivity index (χ0n) is 10.1. The topological polar surface area (TPSA) is 77.2 Å². The van der Waals surface area contributed by atoms with Gasteiger partial charge in [-0.05, 0) is 18.9 Å². The van der Waals surface area contributed by atoms with Crippen LogP contribution in [0.3, 0.4) is 0 Å². The number of pyridine rings is 1. The number of nitrogens with zero attached hydrogens (tertiary/aromatic N) is 1. The van der Waals surface area contributed by atoms with Crippen molar-refractivity contribution in [1.29, 1.82) is 0 Å². The van der Waals surface area contributed by atoms with Crippen LogP contribution in [-0.4, -0.2) is 30.6 Å². The lowest BCUT2D eigenvalue weighted by Gasteiger charge is -2.07. The summed E-state index contributed by atoms with van der Waals surface area (Å²) in [7, 11) is 0. The molecule has 0 aliphatic rings. The minimum atomic E-state index is -0.166. The van der Waals surface area contributed by atoms with E-state index in [0.717, 1.165) is 19.4 Å². The third-order valence-corrected chi connectivity index (χ3v) is 2.20. The second-order valence-electron chi connectivity index (χ2n) is 3.68. The Morgan fingerprint density at radius 1 is 1.53 bits per heavy atom. The highest BCUT2D eigenvalue weighted by Crippen LogP contribution is 2.07. The average molecular weight is 237 g/mol. The summed E-state index contributed by atoms with van der Waals surface area (Å²) in [5.74, 6) is -0.166. The number of carbonyl (C=O) groups excluding carboxylic acids is 1. The summed E-state index contributed by atoms with van der Waals surface area (Å²) >= 11 is 0. The minimum absolute atomic E-state index is 0.166. The normalized spacial score (nSPS) is 10.2. The van der Waals surface area contributed by atoms with Gasteiger partial charge in [0.1, 0.15) is 0 Å². The van der Waals surface area contributed by atoms with Crippen molar-refractivity contribution in [3.63, 3.8) is 0 Å². The summed E-state index contributed by atoms with van der Waals surface area (Å²) in [5.41, 5.74) is 6.51. The first-order valence-corrected chi connectivity index (χ1v) is 5.81. The molecule has 1 amide bonds. The maximum atomic E-state index is 11.7. The number of hydrogen-bond acceptors (Lipinski definition) is 4. The Bertz CT molecular complexity index is 355. The molecule has 5 heteroatoms. The first kappa shape index (κ1) is 13.4. The predicted octanol–water partition coefficient (Wildman–Crippen LogP) is 1.21. The maximum Gasteiger partial charge on any atom is 0.253 e. The minimum Gasteiger partial charge on any atom is -0.397 e. The van der Waals surface area contributed by atoms with E-state index in [9.17, 15) is 4.79 Å². The molecular formula is C12H19N3O2. The lowest BCUT2D eigenvalue weighted by molar-refractivity contribution is 0.0942. The quantitative estimate of drug-likeness (QED) is 0.699. The predicted molar refractivity (Wildman–Crippen MR) is 66.7 cm³/mol. The van der Waals surface area contributed by atoms with Crippen molar-refractivity contribution < 1.29 is 9.53 Å². The van der Waals surface area contributed by atoms with E-state index in [-0.39, 0.29) is 5.91 Å². The fourth-order valence-electron chi connectivity index (χ4n) is 1.33. The van der Waals surface area contributed by atoms with Gasteiger partial charge in [0.25, 0.3) is 5.91 Å². The Balaban J connectivity index is 2.24. The SMILES string of the molecule is CCCOCCCNC(=O)c1ccncc1N. The molecule has 0 aliphatic heterocycles. The van der Waals surface area contributed by atoms with Crippen molar-refractivity contribution in [3.8, 4) is 0 Å². The third kappa shape index (κ3) is 4.82. The number of nitrogens with one attached hydrogen (secondary N) is 1. The molecule has 0 bridgehead atoms. The van der Waals surface area contributed by atoms with E-state index in [1.165, 1.54) is 6.20 Å². The molecule has 0 atom stereocenters. The highest BCUT2D eigenvalue weighted by molar-refractivity contribution is 5.98. The number of amides is 1. The molecular weight excluding hydrogens is 218 g/mol. The fraction of sp³-hybridized carbons (Fsp3) is 0.500. The Hall–Kier alpha value is -1.62. The summed E-state index contributed by atoms with van der Waals surface area (Å²) < 4.78 is 5.31. The van der Waals surface area contributed by atoms with Crippen LogP contribution < -0.4 is 11.1 Å². The van der Waals surface area contributed by atoms with E-state index >= 15 is 0 Å². The molecule has 1 heterocycles. The number of nitrogens with two attached hydrogens (primary N) is 1. The van der Waals surface area contributed by atoms with Crippen LogP contribution in [0.25, 0.3) is 0 Å². The zero-order valence-corrected chi connectivity index (χ0v) is 10.1. The molecule has 0 aliphatic carbocycles. The Kier molecular flexibility index (Phi) is 6.03. The standard InChI is InChI=1S/C12H19N3O2/c1-2-7-17-8-3-5-15-12(16)10-4-6-14-9-11(10)13/h4,6,9H,2-3,5,7-8,13H2,1H3,(H,15,16). The van der Waals surface area contributed by atoms with E-state index in [2.05, 4.69) is 17.2 Å². The highest BCUT2D eigenvalue weighted by Gasteiger charge is 2.07. The first-order chi connectivity index (χ1) is 8.25. The van der Waals surface area contributed by atoms with E-state index < -0.39 is 0 Å². The number of anilines is 1. The molecule has 1 aromatic rings. The number of nitrogen functional groups attached to an aromatic ring is 1. The van der Waals surface area contributed by atoms with Crippen molar-refractivity contribution in [2.75, 3.05) is 25.5 Å². The number of carbonyl (C=O) groups is 1.